The van der Waals surface area contributed by atoms with Gasteiger partial charge in [0.05, 0.1) is 6.04 Å². The van der Waals surface area contributed by atoms with Crippen LogP contribution in [0.2, 0.25) is 0 Å². The highest BCUT2D eigenvalue weighted by Gasteiger charge is 2.31. The highest BCUT2D eigenvalue weighted by Crippen LogP contribution is 2.16. The average molecular weight is 311 g/mol. The summed E-state index contributed by atoms with van der Waals surface area (Å²) >= 11 is 5.54. The summed E-state index contributed by atoms with van der Waals surface area (Å²) in [5, 5.41) is 0. The van der Waals surface area contributed by atoms with Crippen molar-refractivity contribution in [3.8, 4) is 0 Å². The number of carbonyl (C=O) groups excluding carboxylic acids is 2. The third kappa shape index (κ3) is 4.11. The highest BCUT2D eigenvalue weighted by atomic mass is 35.5. The number of likely N-dealkylation sites (N-methyl/N-ethyl adjacent to an activating group) is 1. The van der Waals surface area contributed by atoms with Crippen molar-refractivity contribution in [1.82, 2.24) is 9.80 Å². The van der Waals surface area contributed by atoms with Crippen LogP contribution >= 0.6 is 11.6 Å². The smallest absolute Gasteiger partial charge is 0.410 e. The van der Waals surface area contributed by atoms with E-state index in [4.69, 9.17) is 16.3 Å². The number of benzene rings is 1. The zero-order valence-corrected chi connectivity index (χ0v) is 12.8. The molecule has 1 heterocycles. The minimum absolute atomic E-state index is 0.0135. The van der Waals surface area contributed by atoms with Gasteiger partial charge in [-0.15, -0.1) is 11.6 Å². The number of halogens is 1. The van der Waals surface area contributed by atoms with Gasteiger partial charge in [0.15, 0.2) is 0 Å². The molecule has 21 heavy (non-hydrogen) atoms. The second-order valence-electron chi connectivity index (χ2n) is 5.07. The Morgan fingerprint density at radius 2 is 2.10 bits per heavy atom. The van der Waals surface area contributed by atoms with Crippen molar-refractivity contribution < 1.29 is 14.3 Å². The third-order valence-corrected chi connectivity index (χ3v) is 3.90. The monoisotopic (exact) mass is 310 g/mol. The first-order valence-corrected chi connectivity index (χ1v) is 7.42. The van der Waals surface area contributed by atoms with Gasteiger partial charge in [-0.05, 0) is 12.0 Å². The van der Waals surface area contributed by atoms with E-state index in [1.807, 2.05) is 30.3 Å². The molecule has 1 aromatic carbocycles. The molecule has 0 aromatic heterocycles. The Morgan fingerprint density at radius 3 is 2.76 bits per heavy atom. The number of hydrogen-bond donors (Lipinski definition) is 0. The fourth-order valence-corrected chi connectivity index (χ4v) is 2.51. The number of rotatable bonds is 4. The fourth-order valence-electron chi connectivity index (χ4n) is 2.34. The Bertz CT molecular complexity index is 495. The standard InChI is InChI=1S/C15H19ClN2O3/c1-17(13-7-8-18(10-13)14(19)9-16)15(20)21-11-12-5-3-2-4-6-12/h2-6,13H,7-11H2,1H3. The van der Waals surface area contributed by atoms with Gasteiger partial charge < -0.3 is 14.5 Å². The number of alkyl halides is 1. The molecule has 5 nitrogen and oxygen atoms in total. The topological polar surface area (TPSA) is 49.9 Å². The van der Waals surface area contributed by atoms with Crippen molar-refractivity contribution in [2.75, 3.05) is 26.0 Å². The predicted molar refractivity (Wildman–Crippen MR) is 80.1 cm³/mol. The van der Waals surface area contributed by atoms with Crippen LogP contribution in [0.4, 0.5) is 4.79 Å². The molecule has 1 atom stereocenters. The van der Waals surface area contributed by atoms with Gasteiger partial charge in [0.2, 0.25) is 5.91 Å². The normalized spacial score (nSPS) is 17.6. The summed E-state index contributed by atoms with van der Waals surface area (Å²) in [6.45, 7) is 1.40. The predicted octanol–water partition coefficient (Wildman–Crippen LogP) is 2.09. The Labute approximate surface area is 129 Å². The molecule has 0 N–H and O–H groups in total. The van der Waals surface area contributed by atoms with Crippen molar-refractivity contribution >= 4 is 23.6 Å². The first kappa shape index (κ1) is 15.6. The summed E-state index contributed by atoms with van der Waals surface area (Å²) in [7, 11) is 1.70. The van der Waals surface area contributed by atoms with Crippen LogP contribution in [-0.2, 0) is 16.1 Å². The molecule has 6 heteroatoms. The van der Waals surface area contributed by atoms with Crippen molar-refractivity contribution in [2.24, 2.45) is 0 Å². The molecule has 0 radical (unpaired) electrons. The maximum atomic E-state index is 12.0. The van der Waals surface area contributed by atoms with E-state index < -0.39 is 0 Å². The minimum atomic E-state index is -0.371. The van der Waals surface area contributed by atoms with Crippen molar-refractivity contribution in [2.45, 2.75) is 19.1 Å². The number of ether oxygens (including phenoxy) is 1. The fraction of sp³-hybridized carbons (Fsp3) is 0.467. The van der Waals surface area contributed by atoms with Crippen LogP contribution in [0.25, 0.3) is 0 Å². The summed E-state index contributed by atoms with van der Waals surface area (Å²) in [5.74, 6) is -0.111. The molecule has 0 aliphatic carbocycles. The van der Waals surface area contributed by atoms with Crippen LogP contribution < -0.4 is 0 Å². The molecule has 1 unspecified atom stereocenters. The van der Waals surface area contributed by atoms with Gasteiger partial charge in [-0.3, -0.25) is 4.79 Å². The average Bonchev–Trinajstić information content (AvgIpc) is 3.02. The van der Waals surface area contributed by atoms with E-state index in [2.05, 4.69) is 0 Å². The molecule has 0 bridgehead atoms. The second kappa shape index (κ2) is 7.31. The Balaban J connectivity index is 1.81. The Morgan fingerprint density at radius 1 is 1.38 bits per heavy atom. The van der Waals surface area contributed by atoms with E-state index in [0.29, 0.717) is 13.1 Å². The molecule has 2 amide bonds. The van der Waals surface area contributed by atoms with E-state index in [1.54, 1.807) is 16.8 Å². The van der Waals surface area contributed by atoms with E-state index in [-0.39, 0.29) is 30.5 Å². The maximum Gasteiger partial charge on any atom is 0.410 e. The molecule has 1 aromatic rings. The van der Waals surface area contributed by atoms with Crippen LogP contribution in [0, 0.1) is 0 Å². The molecule has 1 aliphatic rings. The molecule has 1 fully saturated rings. The zero-order chi connectivity index (χ0) is 15.2. The van der Waals surface area contributed by atoms with Crippen LogP contribution in [0.3, 0.4) is 0 Å². The highest BCUT2D eigenvalue weighted by molar-refractivity contribution is 6.27. The van der Waals surface area contributed by atoms with E-state index in [0.717, 1.165) is 12.0 Å². The number of likely N-dealkylation sites (tertiary alicyclic amines) is 1. The number of carbonyl (C=O) groups is 2. The molecule has 2 rings (SSSR count). The summed E-state index contributed by atoms with van der Waals surface area (Å²) in [5.41, 5.74) is 0.949. The van der Waals surface area contributed by atoms with Gasteiger partial charge in [0.25, 0.3) is 0 Å². The number of amides is 2. The molecule has 1 aliphatic heterocycles. The lowest BCUT2D eigenvalue weighted by atomic mass is 10.2. The Kier molecular flexibility index (Phi) is 5.44. The van der Waals surface area contributed by atoms with E-state index in [1.165, 1.54) is 0 Å². The molecular formula is C15H19ClN2O3. The van der Waals surface area contributed by atoms with Gasteiger partial charge in [-0.2, -0.15) is 0 Å². The molecule has 0 saturated carbocycles. The first-order chi connectivity index (χ1) is 10.1. The SMILES string of the molecule is CN(C(=O)OCc1ccccc1)C1CCN(C(=O)CCl)C1. The van der Waals surface area contributed by atoms with E-state index >= 15 is 0 Å². The number of hydrogen-bond acceptors (Lipinski definition) is 3. The van der Waals surface area contributed by atoms with Crippen molar-refractivity contribution in [3.63, 3.8) is 0 Å². The van der Waals surface area contributed by atoms with Gasteiger partial charge in [-0.25, -0.2) is 4.79 Å². The molecule has 114 valence electrons. The molecule has 0 spiro atoms. The second-order valence-corrected chi connectivity index (χ2v) is 5.33. The first-order valence-electron chi connectivity index (χ1n) is 6.89. The zero-order valence-electron chi connectivity index (χ0n) is 12.0. The summed E-state index contributed by atoms with van der Waals surface area (Å²) in [4.78, 5) is 26.8. The lowest BCUT2D eigenvalue weighted by molar-refractivity contribution is -0.127. The van der Waals surface area contributed by atoms with Crippen molar-refractivity contribution in [1.29, 1.82) is 0 Å². The quantitative estimate of drug-likeness (QED) is 0.800. The van der Waals surface area contributed by atoms with Gasteiger partial charge in [0, 0.05) is 20.1 Å². The lowest BCUT2D eigenvalue weighted by Gasteiger charge is -2.24. The summed E-state index contributed by atoms with van der Waals surface area (Å²) in [6, 6.07) is 9.52. The van der Waals surface area contributed by atoms with Crippen molar-refractivity contribution in [3.05, 3.63) is 35.9 Å². The van der Waals surface area contributed by atoms with Gasteiger partial charge in [0.1, 0.15) is 12.5 Å². The summed E-state index contributed by atoms with van der Waals surface area (Å²) in [6.07, 6.45) is 0.378. The largest absolute Gasteiger partial charge is 0.445 e. The maximum absolute atomic E-state index is 12.0. The van der Waals surface area contributed by atoms with Crippen LogP contribution in [0.1, 0.15) is 12.0 Å². The molecule has 1 saturated heterocycles. The Hall–Kier alpha value is -1.75. The lowest BCUT2D eigenvalue weighted by Crippen LogP contribution is -2.40. The van der Waals surface area contributed by atoms with Gasteiger partial charge >= 0.3 is 6.09 Å². The minimum Gasteiger partial charge on any atom is -0.445 e. The van der Waals surface area contributed by atoms with E-state index in [9.17, 15) is 9.59 Å². The third-order valence-electron chi connectivity index (χ3n) is 3.67. The molecular weight excluding hydrogens is 292 g/mol. The van der Waals surface area contributed by atoms with Gasteiger partial charge in [-0.1, -0.05) is 30.3 Å². The van der Waals surface area contributed by atoms with Crippen LogP contribution in [0.15, 0.2) is 30.3 Å². The number of nitrogens with zero attached hydrogens (tertiary/aromatic N) is 2. The van der Waals surface area contributed by atoms with Crippen LogP contribution in [-0.4, -0.2) is 53.9 Å². The summed E-state index contributed by atoms with van der Waals surface area (Å²) < 4.78 is 5.28. The van der Waals surface area contributed by atoms with Crippen LogP contribution in [0.5, 0.6) is 0 Å².